The zero-order valence-electron chi connectivity index (χ0n) is 19.8. The number of carbonyl (C=O) groups is 2. The van der Waals surface area contributed by atoms with Crippen LogP contribution in [0.15, 0.2) is 18.2 Å². The number of amides is 2. The van der Waals surface area contributed by atoms with Crippen LogP contribution < -0.4 is 4.90 Å². The summed E-state index contributed by atoms with van der Waals surface area (Å²) in [6, 6.07) is 5.42. The van der Waals surface area contributed by atoms with Gasteiger partial charge in [0.15, 0.2) is 0 Å². The zero-order chi connectivity index (χ0) is 25.0. The minimum absolute atomic E-state index is 0.00525. The van der Waals surface area contributed by atoms with Crippen LogP contribution in [-0.2, 0) is 20.5 Å². The van der Waals surface area contributed by atoms with Crippen LogP contribution in [0.3, 0.4) is 0 Å². The Bertz CT molecular complexity index is 936. The molecule has 0 spiro atoms. The first-order valence-electron chi connectivity index (χ1n) is 11.5. The Morgan fingerprint density at radius 2 is 1.88 bits per heavy atom. The molecule has 2 amide bonds. The van der Waals surface area contributed by atoms with E-state index in [1.165, 1.54) is 6.07 Å². The average molecular weight is 481 g/mol. The van der Waals surface area contributed by atoms with Gasteiger partial charge in [0.1, 0.15) is 6.61 Å². The monoisotopic (exact) mass is 480 g/mol. The molecule has 2 aliphatic heterocycles. The molecule has 0 aliphatic carbocycles. The highest BCUT2D eigenvalue weighted by Crippen LogP contribution is 2.39. The quantitative estimate of drug-likeness (QED) is 0.626. The summed E-state index contributed by atoms with van der Waals surface area (Å²) in [6.07, 6.45) is -3.19. The number of hydrogen-bond acceptors (Lipinski definition) is 5. The number of anilines is 1. The largest absolute Gasteiger partial charge is 0.417 e. The van der Waals surface area contributed by atoms with Gasteiger partial charge in [0.05, 0.1) is 23.1 Å². The van der Waals surface area contributed by atoms with Gasteiger partial charge in [-0.05, 0) is 49.8 Å². The van der Waals surface area contributed by atoms with Gasteiger partial charge in [0.2, 0.25) is 11.8 Å². The Morgan fingerprint density at radius 3 is 2.44 bits per heavy atom. The summed E-state index contributed by atoms with van der Waals surface area (Å²) in [7, 11) is 3.41. The van der Waals surface area contributed by atoms with E-state index in [1.807, 2.05) is 11.8 Å². The number of ether oxygens (including phenoxy) is 1. The van der Waals surface area contributed by atoms with Crippen molar-refractivity contribution >= 4 is 17.5 Å². The van der Waals surface area contributed by atoms with Crippen molar-refractivity contribution in [1.82, 2.24) is 9.80 Å². The molecule has 0 bridgehead atoms. The Morgan fingerprint density at radius 1 is 1.21 bits per heavy atom. The average Bonchev–Trinajstić information content (AvgIpc) is 3.26. The fourth-order valence-corrected chi connectivity index (χ4v) is 5.03. The molecular formula is C24H31F3N4O3. The number of benzene rings is 1. The molecular weight excluding hydrogens is 449 g/mol. The first-order valence-corrected chi connectivity index (χ1v) is 11.5. The number of piperidine rings is 1. The molecule has 10 heteroatoms. The number of alkyl halides is 3. The maximum atomic E-state index is 13.4. The lowest BCUT2D eigenvalue weighted by molar-refractivity contribution is -0.138. The minimum atomic E-state index is -4.60. The van der Waals surface area contributed by atoms with Crippen LogP contribution in [0.25, 0.3) is 0 Å². The van der Waals surface area contributed by atoms with Crippen molar-refractivity contribution in [1.29, 1.82) is 5.26 Å². The first-order chi connectivity index (χ1) is 16.1. The van der Waals surface area contributed by atoms with E-state index in [0.717, 1.165) is 6.07 Å². The summed E-state index contributed by atoms with van der Waals surface area (Å²) < 4.78 is 45.3. The van der Waals surface area contributed by atoms with Crippen molar-refractivity contribution < 1.29 is 27.5 Å². The molecule has 3 rings (SSSR count). The van der Waals surface area contributed by atoms with E-state index >= 15 is 0 Å². The van der Waals surface area contributed by atoms with Crippen molar-refractivity contribution in [3.05, 3.63) is 29.3 Å². The molecule has 1 aromatic carbocycles. The van der Waals surface area contributed by atoms with Gasteiger partial charge in [-0.3, -0.25) is 9.59 Å². The fraction of sp³-hybridized carbons (Fsp3) is 0.625. The molecule has 2 aliphatic rings. The standard InChI is InChI=1S/C24H31F3N4O3/c1-4-34-15-22(32)31-13-19(20(14-31)23(33)29(2)3)16-7-9-30(10-8-16)18-6-5-17(12-28)21(11-18)24(25,26)27/h5-6,11,16,19-20H,4,7-10,13-15H2,1-3H3/t19-,20+/m0/s1. The third kappa shape index (κ3) is 5.63. The Kier molecular flexibility index (Phi) is 8.08. The molecule has 0 N–H and O–H groups in total. The smallest absolute Gasteiger partial charge is 0.372 e. The number of nitrogens with zero attached hydrogens (tertiary/aromatic N) is 4. The van der Waals surface area contributed by atoms with Gasteiger partial charge in [-0.2, -0.15) is 18.4 Å². The molecule has 2 fully saturated rings. The molecule has 0 aromatic heterocycles. The van der Waals surface area contributed by atoms with Crippen molar-refractivity contribution in [3.8, 4) is 6.07 Å². The Hall–Kier alpha value is -2.80. The van der Waals surface area contributed by atoms with Crippen LogP contribution in [0.4, 0.5) is 18.9 Å². The molecule has 2 heterocycles. The highest BCUT2D eigenvalue weighted by atomic mass is 19.4. The summed E-state index contributed by atoms with van der Waals surface area (Å²) in [4.78, 5) is 30.5. The molecule has 2 saturated heterocycles. The van der Waals surface area contributed by atoms with Gasteiger partial charge in [-0.1, -0.05) is 0 Å². The molecule has 34 heavy (non-hydrogen) atoms. The Balaban J connectivity index is 1.72. The van der Waals surface area contributed by atoms with Crippen LogP contribution in [0.1, 0.15) is 30.9 Å². The van der Waals surface area contributed by atoms with Crippen LogP contribution in [0.5, 0.6) is 0 Å². The van der Waals surface area contributed by atoms with Crippen molar-refractivity contribution in [2.45, 2.75) is 25.9 Å². The lowest BCUT2D eigenvalue weighted by atomic mass is 9.78. The van der Waals surface area contributed by atoms with Gasteiger partial charge in [-0.25, -0.2) is 0 Å². The van der Waals surface area contributed by atoms with E-state index < -0.39 is 11.7 Å². The molecule has 7 nitrogen and oxygen atoms in total. The van der Waals surface area contributed by atoms with Crippen molar-refractivity contribution in [2.24, 2.45) is 17.8 Å². The van der Waals surface area contributed by atoms with E-state index in [4.69, 9.17) is 10.00 Å². The van der Waals surface area contributed by atoms with E-state index in [-0.39, 0.29) is 41.7 Å². The summed E-state index contributed by atoms with van der Waals surface area (Å²) in [5.74, 6) is -0.273. The SMILES string of the molecule is CCOCC(=O)N1C[C@@H](C(=O)N(C)C)[C@H](C2CCN(c3ccc(C#N)c(C(F)(F)F)c3)CC2)C1. The molecule has 1 aromatic rings. The fourth-order valence-electron chi connectivity index (χ4n) is 5.03. The second kappa shape index (κ2) is 10.6. The number of carbonyl (C=O) groups excluding carboxylic acids is 2. The summed E-state index contributed by atoms with van der Waals surface area (Å²) in [5, 5.41) is 9.03. The van der Waals surface area contributed by atoms with E-state index in [1.54, 1.807) is 36.0 Å². The number of hydrogen-bond donors (Lipinski definition) is 0. The number of rotatable bonds is 6. The normalized spacial score (nSPS) is 21.4. The molecule has 0 radical (unpaired) electrons. The zero-order valence-corrected chi connectivity index (χ0v) is 19.8. The maximum absolute atomic E-state index is 13.4. The van der Waals surface area contributed by atoms with Gasteiger partial charge >= 0.3 is 6.18 Å². The highest BCUT2D eigenvalue weighted by molar-refractivity contribution is 5.82. The van der Waals surface area contributed by atoms with Crippen LogP contribution >= 0.6 is 0 Å². The topological polar surface area (TPSA) is 76.9 Å². The van der Waals surface area contributed by atoms with E-state index in [2.05, 4.69) is 0 Å². The molecule has 0 saturated carbocycles. The first kappa shape index (κ1) is 25.8. The third-order valence-corrected chi connectivity index (χ3v) is 6.84. The second-order valence-corrected chi connectivity index (χ2v) is 9.10. The van der Waals surface area contributed by atoms with Gasteiger partial charge in [0.25, 0.3) is 0 Å². The van der Waals surface area contributed by atoms with E-state index in [0.29, 0.717) is 51.3 Å². The lowest BCUT2D eigenvalue weighted by Gasteiger charge is -2.38. The van der Waals surface area contributed by atoms with Crippen LogP contribution in [-0.4, -0.2) is 75.1 Å². The number of halogens is 3. The van der Waals surface area contributed by atoms with Gasteiger partial charge in [0, 0.05) is 52.6 Å². The summed E-state index contributed by atoms with van der Waals surface area (Å²) in [5.41, 5.74) is -0.880. The lowest BCUT2D eigenvalue weighted by Crippen LogP contribution is -2.41. The van der Waals surface area contributed by atoms with E-state index in [9.17, 15) is 22.8 Å². The Labute approximate surface area is 198 Å². The number of nitriles is 1. The summed E-state index contributed by atoms with van der Waals surface area (Å²) >= 11 is 0. The minimum Gasteiger partial charge on any atom is -0.372 e. The summed E-state index contributed by atoms with van der Waals surface area (Å²) in [6.45, 7) is 4.17. The number of likely N-dealkylation sites (tertiary alicyclic amines) is 1. The van der Waals surface area contributed by atoms with Crippen LogP contribution in [0, 0.1) is 29.1 Å². The molecule has 186 valence electrons. The molecule has 0 unspecified atom stereocenters. The van der Waals surface area contributed by atoms with Gasteiger partial charge in [-0.15, -0.1) is 0 Å². The predicted molar refractivity (Wildman–Crippen MR) is 120 cm³/mol. The molecule has 2 atom stereocenters. The highest BCUT2D eigenvalue weighted by Gasteiger charge is 2.44. The van der Waals surface area contributed by atoms with Crippen LogP contribution in [0.2, 0.25) is 0 Å². The van der Waals surface area contributed by atoms with Crippen molar-refractivity contribution in [3.63, 3.8) is 0 Å². The second-order valence-electron chi connectivity index (χ2n) is 9.10. The predicted octanol–water partition coefficient (Wildman–Crippen LogP) is 2.99. The third-order valence-electron chi connectivity index (χ3n) is 6.84. The van der Waals surface area contributed by atoms with Crippen molar-refractivity contribution in [2.75, 3.05) is 58.4 Å². The van der Waals surface area contributed by atoms with Gasteiger partial charge < -0.3 is 19.4 Å². The maximum Gasteiger partial charge on any atom is 0.417 e.